The topological polar surface area (TPSA) is 237 Å². The van der Waals surface area contributed by atoms with Crippen LogP contribution in [0.1, 0.15) is 434 Å². The highest BCUT2D eigenvalue weighted by Gasteiger charge is 2.30. The minimum atomic E-state index is -4.96. The number of carbonyl (C=O) groups excluding carboxylic acids is 4. The summed E-state index contributed by atoms with van der Waals surface area (Å²) in [7, 11) is -9.92. The zero-order chi connectivity index (χ0) is 76.0. The van der Waals surface area contributed by atoms with Gasteiger partial charge in [0.1, 0.15) is 19.3 Å². The lowest BCUT2D eigenvalue weighted by molar-refractivity contribution is -0.161. The quantitative estimate of drug-likeness (QED) is 0.0222. The lowest BCUT2D eigenvalue weighted by atomic mass is 10.0. The van der Waals surface area contributed by atoms with Crippen molar-refractivity contribution in [3.05, 3.63) is 0 Å². The molecule has 0 radical (unpaired) electrons. The van der Waals surface area contributed by atoms with Crippen LogP contribution in [-0.4, -0.2) is 96.7 Å². The van der Waals surface area contributed by atoms with E-state index in [0.717, 1.165) is 114 Å². The van der Waals surface area contributed by atoms with Gasteiger partial charge in [0, 0.05) is 25.7 Å². The van der Waals surface area contributed by atoms with Crippen molar-refractivity contribution >= 4 is 39.5 Å². The smallest absolute Gasteiger partial charge is 0.462 e. The Bertz CT molecular complexity index is 2010. The number of esters is 4. The van der Waals surface area contributed by atoms with Crippen molar-refractivity contribution in [3.8, 4) is 0 Å². The van der Waals surface area contributed by atoms with Gasteiger partial charge in [-0.25, -0.2) is 9.13 Å². The van der Waals surface area contributed by atoms with Crippen molar-refractivity contribution in [1.82, 2.24) is 0 Å². The first-order chi connectivity index (χ1) is 49.6. The number of phosphoric ester groups is 2. The molecule has 0 saturated heterocycles. The fourth-order valence-electron chi connectivity index (χ4n) is 13.0. The van der Waals surface area contributed by atoms with E-state index in [2.05, 4.69) is 55.4 Å². The molecule has 103 heavy (non-hydrogen) atoms. The standard InChI is InChI=1S/C84H164O17P2/c1-74(2)60-52-44-36-30-24-19-15-11-9-10-12-17-21-27-34-40-50-58-66-83(88)100-79(70-94-81(86)64-56-48-39-33-29-23-26-32-38-46-54-62-76(5)6)72-98-102(90,91)96-68-78(85)69-97-103(92,93)99-73-80(71-95-82(87)65-57-49-43-42-47-55-63-77(7)8)101-84(89)67-59-51-41-35-28-22-18-14-13-16-20-25-31-37-45-53-61-75(3)4/h74-80,85H,9-73H2,1-8H3,(H,90,91)(H,92,93)/t78?,79-,80-/m1/s1. The van der Waals surface area contributed by atoms with Gasteiger partial charge in [-0.3, -0.25) is 37.3 Å². The summed E-state index contributed by atoms with van der Waals surface area (Å²) in [6.07, 6.45) is 61.3. The van der Waals surface area contributed by atoms with Crippen molar-refractivity contribution in [2.75, 3.05) is 39.6 Å². The van der Waals surface area contributed by atoms with Crippen LogP contribution in [0.25, 0.3) is 0 Å². The maximum absolute atomic E-state index is 13.1. The molecular weight excluding hydrogens is 1340 g/mol. The second-order valence-corrected chi connectivity index (χ2v) is 35.0. The molecule has 0 bridgehead atoms. The predicted molar refractivity (Wildman–Crippen MR) is 423 cm³/mol. The summed E-state index contributed by atoms with van der Waals surface area (Å²) in [4.78, 5) is 73.1. The van der Waals surface area contributed by atoms with Gasteiger partial charge in [0.2, 0.25) is 0 Å². The van der Waals surface area contributed by atoms with Crippen LogP contribution in [0.3, 0.4) is 0 Å². The van der Waals surface area contributed by atoms with E-state index in [1.807, 2.05) is 0 Å². The van der Waals surface area contributed by atoms with Gasteiger partial charge in [-0.15, -0.1) is 0 Å². The second-order valence-electron chi connectivity index (χ2n) is 32.1. The highest BCUT2D eigenvalue weighted by molar-refractivity contribution is 7.47. The van der Waals surface area contributed by atoms with Crippen LogP contribution in [-0.2, 0) is 65.4 Å². The number of hydrogen-bond donors (Lipinski definition) is 3. The molecule has 3 N–H and O–H groups in total. The molecule has 0 aliphatic rings. The third-order valence-electron chi connectivity index (χ3n) is 19.6. The van der Waals surface area contributed by atoms with Gasteiger partial charge in [0.05, 0.1) is 26.4 Å². The van der Waals surface area contributed by atoms with Gasteiger partial charge in [-0.1, -0.05) is 383 Å². The van der Waals surface area contributed by atoms with E-state index in [9.17, 15) is 43.2 Å². The third-order valence-corrected chi connectivity index (χ3v) is 21.5. The van der Waals surface area contributed by atoms with Crippen LogP contribution >= 0.6 is 15.6 Å². The number of carbonyl (C=O) groups is 4. The van der Waals surface area contributed by atoms with Gasteiger partial charge < -0.3 is 33.8 Å². The molecule has 0 rings (SSSR count). The molecule has 0 aromatic carbocycles. The molecule has 0 aliphatic carbocycles. The van der Waals surface area contributed by atoms with Crippen LogP contribution in [0.4, 0.5) is 0 Å². The Morgan fingerprint density at radius 1 is 0.243 bits per heavy atom. The molecule has 0 aromatic heterocycles. The largest absolute Gasteiger partial charge is 0.472 e. The second kappa shape index (κ2) is 72.9. The van der Waals surface area contributed by atoms with E-state index in [4.69, 9.17) is 37.0 Å². The summed E-state index contributed by atoms with van der Waals surface area (Å²) < 4.78 is 68.8. The minimum absolute atomic E-state index is 0.107. The first kappa shape index (κ1) is 101. The zero-order valence-electron chi connectivity index (χ0n) is 68.0. The summed E-state index contributed by atoms with van der Waals surface area (Å²) in [6.45, 7) is 14.3. The SMILES string of the molecule is CC(C)CCCCCCCCCCCCCCCCCCCCC(=O)O[C@H](COC(=O)CCCCCCCCCCCCCC(C)C)COP(=O)(O)OCC(O)COP(=O)(O)OC[C@@H](COC(=O)CCCCCCCCC(C)C)OC(=O)CCCCCCCCCCCCCCCCCCC(C)C. The molecule has 0 saturated carbocycles. The maximum Gasteiger partial charge on any atom is 0.472 e. The molecule has 612 valence electrons. The summed E-state index contributed by atoms with van der Waals surface area (Å²) in [5.41, 5.74) is 0. The fourth-order valence-corrected chi connectivity index (χ4v) is 14.5. The highest BCUT2D eigenvalue weighted by Crippen LogP contribution is 2.45. The summed E-state index contributed by atoms with van der Waals surface area (Å²) in [6, 6.07) is 0. The highest BCUT2D eigenvalue weighted by atomic mass is 31.2. The molecule has 0 heterocycles. The third kappa shape index (κ3) is 78.0. The van der Waals surface area contributed by atoms with Gasteiger partial charge >= 0.3 is 39.5 Å². The Morgan fingerprint density at radius 2 is 0.408 bits per heavy atom. The van der Waals surface area contributed by atoms with Crippen molar-refractivity contribution < 1.29 is 80.2 Å². The number of phosphoric acid groups is 2. The average molecular weight is 1510 g/mol. The molecule has 0 amide bonds. The number of aliphatic hydroxyl groups excluding tert-OH is 1. The number of ether oxygens (including phenoxy) is 4. The maximum atomic E-state index is 13.1. The molecule has 0 aromatic rings. The number of rotatable bonds is 81. The lowest BCUT2D eigenvalue weighted by Crippen LogP contribution is -2.30. The summed E-state index contributed by atoms with van der Waals surface area (Å²) in [5.74, 6) is 0.967. The Kier molecular flexibility index (Phi) is 71.5. The van der Waals surface area contributed by atoms with Gasteiger partial charge in [-0.2, -0.15) is 0 Å². The Balaban J connectivity index is 5.19. The monoisotopic (exact) mass is 1510 g/mol. The molecule has 0 fully saturated rings. The Labute approximate surface area is 632 Å². The molecular formula is C84H164O17P2. The molecule has 17 nitrogen and oxygen atoms in total. The zero-order valence-corrected chi connectivity index (χ0v) is 69.7. The first-order valence-corrected chi connectivity index (χ1v) is 46.2. The first-order valence-electron chi connectivity index (χ1n) is 43.2. The number of unbranched alkanes of at least 4 members (excludes halogenated alkanes) is 47. The number of hydrogen-bond acceptors (Lipinski definition) is 15. The minimum Gasteiger partial charge on any atom is -0.462 e. The van der Waals surface area contributed by atoms with Crippen molar-refractivity contribution in [2.45, 2.75) is 453 Å². The molecule has 3 unspecified atom stereocenters. The van der Waals surface area contributed by atoms with Crippen LogP contribution in [0.2, 0.25) is 0 Å². The van der Waals surface area contributed by atoms with Gasteiger partial charge in [0.15, 0.2) is 12.2 Å². The average Bonchev–Trinajstić information content (AvgIpc) is 0.952. The van der Waals surface area contributed by atoms with E-state index in [1.54, 1.807) is 0 Å². The fraction of sp³-hybridized carbons (Fsp3) is 0.952. The van der Waals surface area contributed by atoms with Gasteiger partial charge in [0.25, 0.3) is 0 Å². The van der Waals surface area contributed by atoms with E-state index in [1.165, 1.54) is 231 Å². The number of aliphatic hydroxyl groups is 1. The molecule has 0 aliphatic heterocycles. The van der Waals surface area contributed by atoms with Crippen molar-refractivity contribution in [3.63, 3.8) is 0 Å². The van der Waals surface area contributed by atoms with Crippen molar-refractivity contribution in [1.29, 1.82) is 0 Å². The van der Waals surface area contributed by atoms with Crippen LogP contribution in [0, 0.1) is 23.7 Å². The van der Waals surface area contributed by atoms with E-state index < -0.39 is 97.5 Å². The Hall–Kier alpha value is -1.94. The molecule has 19 heteroatoms. The normalized spacial score (nSPS) is 14.0. The van der Waals surface area contributed by atoms with Crippen LogP contribution in [0.15, 0.2) is 0 Å². The van der Waals surface area contributed by atoms with E-state index >= 15 is 0 Å². The summed E-state index contributed by atoms with van der Waals surface area (Å²) in [5, 5.41) is 10.7. The van der Waals surface area contributed by atoms with Crippen molar-refractivity contribution in [2.24, 2.45) is 23.7 Å². The lowest BCUT2D eigenvalue weighted by Gasteiger charge is -2.21. The van der Waals surface area contributed by atoms with Crippen LogP contribution < -0.4 is 0 Å². The Morgan fingerprint density at radius 3 is 0.602 bits per heavy atom. The predicted octanol–water partition coefficient (Wildman–Crippen LogP) is 25.2. The summed E-state index contributed by atoms with van der Waals surface area (Å²) >= 11 is 0. The van der Waals surface area contributed by atoms with E-state index in [0.29, 0.717) is 31.6 Å². The van der Waals surface area contributed by atoms with Crippen LogP contribution in [0.5, 0.6) is 0 Å². The van der Waals surface area contributed by atoms with Gasteiger partial charge in [-0.05, 0) is 49.4 Å². The van der Waals surface area contributed by atoms with E-state index in [-0.39, 0.29) is 25.7 Å². The molecule has 0 spiro atoms. The molecule has 5 atom stereocenters.